The lowest BCUT2D eigenvalue weighted by Crippen LogP contribution is -2.10. The highest BCUT2D eigenvalue weighted by Crippen LogP contribution is 2.15. The minimum absolute atomic E-state index is 0.212. The number of H-pyrrole nitrogens is 1. The Balaban J connectivity index is 2.78. The molecule has 4 N–H and O–H groups in total. The summed E-state index contributed by atoms with van der Waals surface area (Å²) in [6, 6.07) is 0. The zero-order chi connectivity index (χ0) is 12.4. The van der Waals surface area contributed by atoms with Crippen molar-refractivity contribution in [3.63, 3.8) is 0 Å². The van der Waals surface area contributed by atoms with Crippen LogP contribution in [0.15, 0.2) is 11.0 Å². The highest BCUT2D eigenvalue weighted by atomic mass is 127. The van der Waals surface area contributed by atoms with Crippen LogP contribution >= 0.6 is 22.9 Å². The maximum absolute atomic E-state index is 11.9. The molecule has 0 unspecified atom stereocenters. The lowest BCUT2D eigenvalue weighted by Gasteiger charge is -1.98. The lowest BCUT2D eigenvalue weighted by atomic mass is 10.2. The van der Waals surface area contributed by atoms with E-state index in [0.29, 0.717) is 22.5 Å². The number of hydrogen-bond acceptors (Lipinski definition) is 4. The Labute approximate surface area is 111 Å². The molecular weight excluding hydrogens is 333 g/mol. The molecule has 2 aromatic rings. The largest absolute Gasteiger partial charge is 0.334 e. The van der Waals surface area contributed by atoms with Crippen LogP contribution in [0.2, 0.25) is 0 Å². The van der Waals surface area contributed by atoms with Crippen LogP contribution in [0.5, 0.6) is 0 Å². The Morgan fingerprint density at radius 2 is 2.47 bits per heavy atom. The van der Waals surface area contributed by atoms with E-state index in [2.05, 4.69) is 25.3 Å². The molecule has 0 aromatic carbocycles. The molecule has 0 spiro atoms. The van der Waals surface area contributed by atoms with Gasteiger partial charge in [0.15, 0.2) is 5.65 Å². The van der Waals surface area contributed by atoms with Gasteiger partial charge in [0.1, 0.15) is 0 Å². The highest BCUT2D eigenvalue weighted by molar-refractivity contribution is 14.1. The molecule has 0 atom stereocenters. The normalized spacial score (nSPS) is 10.1. The number of nitrogens with one attached hydrogen (secondary N) is 2. The molecule has 17 heavy (non-hydrogen) atoms. The molecule has 0 saturated carbocycles. The maximum atomic E-state index is 11.9. The van der Waals surface area contributed by atoms with E-state index in [1.54, 1.807) is 10.8 Å². The number of aromatic nitrogens is 3. The molecule has 0 aliphatic heterocycles. The first-order valence-corrected chi connectivity index (χ1v) is 5.90. The van der Waals surface area contributed by atoms with E-state index in [1.807, 2.05) is 29.9 Å². The number of fused-ring (bicyclic) bond motifs is 1. The third-order valence-electron chi connectivity index (χ3n) is 2.24. The van der Waals surface area contributed by atoms with Crippen molar-refractivity contribution < 1.29 is 0 Å². The average molecular weight is 343 g/mol. The SMILES string of the molecule is Cn1cc(C#CCN)c2c(=O)[nH]c(NI)nc21. The summed E-state index contributed by atoms with van der Waals surface area (Å²) in [5, 5.41) is 0.490. The van der Waals surface area contributed by atoms with Gasteiger partial charge < -0.3 is 10.3 Å². The van der Waals surface area contributed by atoms with Gasteiger partial charge in [-0.2, -0.15) is 4.98 Å². The Morgan fingerprint density at radius 3 is 3.12 bits per heavy atom. The molecule has 2 heterocycles. The number of halogens is 1. The number of nitrogens with two attached hydrogens (primary N) is 1. The molecular formula is C10H10IN5O. The zero-order valence-corrected chi connectivity index (χ0v) is 11.2. The number of rotatable bonds is 1. The van der Waals surface area contributed by atoms with Crippen molar-refractivity contribution in [3.05, 3.63) is 22.1 Å². The van der Waals surface area contributed by atoms with Crippen LogP contribution in [0.1, 0.15) is 5.56 Å². The first-order valence-electron chi connectivity index (χ1n) is 4.82. The van der Waals surface area contributed by atoms with Gasteiger partial charge in [-0.25, -0.2) is 0 Å². The second-order valence-electron chi connectivity index (χ2n) is 3.37. The number of hydrogen-bond donors (Lipinski definition) is 3. The molecule has 2 rings (SSSR count). The maximum Gasteiger partial charge on any atom is 0.263 e. The predicted molar refractivity (Wildman–Crippen MR) is 74.9 cm³/mol. The van der Waals surface area contributed by atoms with Crippen LogP contribution in [0.4, 0.5) is 5.95 Å². The first-order chi connectivity index (χ1) is 8.17. The summed E-state index contributed by atoms with van der Waals surface area (Å²) in [6.45, 7) is 0.259. The van der Waals surface area contributed by atoms with Crippen molar-refractivity contribution in [1.82, 2.24) is 14.5 Å². The minimum atomic E-state index is -0.212. The molecule has 0 aliphatic carbocycles. The van der Waals surface area contributed by atoms with E-state index in [-0.39, 0.29) is 12.1 Å². The fourth-order valence-electron chi connectivity index (χ4n) is 1.56. The predicted octanol–water partition coefficient (Wildman–Crippen LogP) is 0.334. The summed E-state index contributed by atoms with van der Waals surface area (Å²) in [4.78, 5) is 18.8. The number of aryl methyl sites for hydroxylation is 1. The van der Waals surface area contributed by atoms with Gasteiger partial charge in [0.05, 0.1) is 40.4 Å². The third-order valence-corrected chi connectivity index (χ3v) is 2.75. The summed E-state index contributed by atoms with van der Waals surface area (Å²) in [5.41, 5.74) is 6.34. The Bertz CT molecular complexity index is 676. The van der Waals surface area contributed by atoms with Crippen molar-refractivity contribution in [1.29, 1.82) is 0 Å². The quantitative estimate of drug-likeness (QED) is 0.396. The van der Waals surface area contributed by atoms with Crippen LogP contribution in [-0.2, 0) is 7.05 Å². The van der Waals surface area contributed by atoms with E-state index in [0.717, 1.165) is 0 Å². The van der Waals surface area contributed by atoms with Crippen molar-refractivity contribution >= 4 is 39.8 Å². The minimum Gasteiger partial charge on any atom is -0.334 e. The summed E-state index contributed by atoms with van der Waals surface area (Å²) < 4.78 is 4.54. The van der Waals surface area contributed by atoms with Gasteiger partial charge in [0.25, 0.3) is 5.56 Å². The number of nitrogens with zero attached hydrogens (tertiary/aromatic N) is 2. The van der Waals surface area contributed by atoms with Crippen molar-refractivity contribution in [3.8, 4) is 11.8 Å². The molecule has 0 bridgehead atoms. The van der Waals surface area contributed by atoms with Crippen molar-refractivity contribution in [2.75, 3.05) is 10.1 Å². The van der Waals surface area contributed by atoms with Gasteiger partial charge in [-0.1, -0.05) is 11.8 Å². The summed E-state index contributed by atoms with van der Waals surface area (Å²) >= 11 is 1.91. The number of anilines is 1. The molecule has 6 nitrogen and oxygen atoms in total. The van der Waals surface area contributed by atoms with Gasteiger partial charge in [-0.15, -0.1) is 0 Å². The second kappa shape index (κ2) is 4.77. The molecule has 88 valence electrons. The standard InChI is InChI=1S/C10H10IN5O/c1-16-5-6(3-2-4-12)7-8(16)13-10(15-11)14-9(7)17/h5H,4,12H2,1H3,(H2,13,14,15,17). The smallest absolute Gasteiger partial charge is 0.263 e. The van der Waals surface area contributed by atoms with E-state index in [9.17, 15) is 4.79 Å². The summed E-state index contributed by atoms with van der Waals surface area (Å²) in [6.07, 6.45) is 1.77. The Hall–Kier alpha value is -1.53. The zero-order valence-electron chi connectivity index (χ0n) is 9.04. The van der Waals surface area contributed by atoms with Crippen LogP contribution in [0.3, 0.4) is 0 Å². The average Bonchev–Trinajstić information content (AvgIpc) is 2.64. The molecule has 0 amide bonds. The molecule has 0 fully saturated rings. The summed E-state index contributed by atoms with van der Waals surface area (Å²) in [7, 11) is 1.82. The van der Waals surface area contributed by atoms with Gasteiger partial charge in [-0.3, -0.25) is 13.3 Å². The Morgan fingerprint density at radius 1 is 1.71 bits per heavy atom. The molecule has 7 heteroatoms. The molecule has 0 radical (unpaired) electrons. The first kappa shape index (κ1) is 11.9. The molecule has 0 aliphatic rings. The van der Waals surface area contributed by atoms with E-state index in [4.69, 9.17) is 5.73 Å². The van der Waals surface area contributed by atoms with Crippen LogP contribution in [0, 0.1) is 11.8 Å². The van der Waals surface area contributed by atoms with Crippen molar-refractivity contribution in [2.45, 2.75) is 0 Å². The fraction of sp³-hybridized carbons (Fsp3) is 0.200. The van der Waals surface area contributed by atoms with Gasteiger partial charge >= 0.3 is 0 Å². The monoisotopic (exact) mass is 343 g/mol. The lowest BCUT2D eigenvalue weighted by molar-refractivity contribution is 0.943. The van der Waals surface area contributed by atoms with Crippen LogP contribution < -0.4 is 14.8 Å². The summed E-state index contributed by atoms with van der Waals surface area (Å²) in [5.74, 6) is 6.02. The third kappa shape index (κ3) is 2.13. The van der Waals surface area contributed by atoms with E-state index in [1.165, 1.54) is 0 Å². The topological polar surface area (TPSA) is 88.7 Å². The van der Waals surface area contributed by atoms with Gasteiger partial charge in [0.2, 0.25) is 5.95 Å². The van der Waals surface area contributed by atoms with Crippen LogP contribution in [-0.4, -0.2) is 21.1 Å². The Kier molecular flexibility index (Phi) is 3.35. The van der Waals surface area contributed by atoms with E-state index >= 15 is 0 Å². The van der Waals surface area contributed by atoms with Gasteiger partial charge in [0, 0.05) is 13.2 Å². The van der Waals surface area contributed by atoms with Crippen molar-refractivity contribution in [2.24, 2.45) is 12.8 Å². The molecule has 2 aromatic heterocycles. The van der Waals surface area contributed by atoms with Gasteiger partial charge in [-0.05, 0) is 0 Å². The second-order valence-corrected chi connectivity index (χ2v) is 3.91. The molecule has 0 saturated heterocycles. The fourth-order valence-corrected chi connectivity index (χ4v) is 1.82. The van der Waals surface area contributed by atoms with Crippen LogP contribution in [0.25, 0.3) is 11.0 Å². The highest BCUT2D eigenvalue weighted by Gasteiger charge is 2.11. The number of aromatic amines is 1. The van der Waals surface area contributed by atoms with E-state index < -0.39 is 0 Å².